The first kappa shape index (κ1) is 13.1. The van der Waals surface area contributed by atoms with Gasteiger partial charge in [-0.1, -0.05) is 18.0 Å². The van der Waals surface area contributed by atoms with Gasteiger partial charge in [-0.15, -0.1) is 0 Å². The number of nitrogens with zero attached hydrogens (tertiary/aromatic N) is 1. The van der Waals surface area contributed by atoms with Gasteiger partial charge in [0.1, 0.15) is 11.9 Å². The van der Waals surface area contributed by atoms with Gasteiger partial charge in [-0.2, -0.15) is 0 Å². The molecule has 1 aromatic carbocycles. The molecule has 0 aromatic heterocycles. The maximum Gasteiger partial charge on any atom is 0.271 e. The first-order valence-corrected chi connectivity index (χ1v) is 6.24. The molecule has 0 unspecified atom stereocenters. The van der Waals surface area contributed by atoms with Crippen LogP contribution in [0.5, 0.6) is 5.75 Å². The number of benzene rings is 1. The molecule has 1 saturated carbocycles. The van der Waals surface area contributed by atoms with E-state index in [0.717, 1.165) is 25.7 Å². The molecule has 98 valence electrons. The van der Waals surface area contributed by atoms with Crippen molar-refractivity contribution in [2.75, 3.05) is 0 Å². The second kappa shape index (κ2) is 5.54. The molecule has 2 atom stereocenters. The van der Waals surface area contributed by atoms with Gasteiger partial charge in [0.2, 0.25) is 0 Å². The molecule has 18 heavy (non-hydrogen) atoms. The Morgan fingerprint density at radius 3 is 2.72 bits per heavy atom. The second-order valence-corrected chi connectivity index (χ2v) is 4.79. The van der Waals surface area contributed by atoms with Gasteiger partial charge in [0.05, 0.1) is 16.0 Å². The van der Waals surface area contributed by atoms with Crippen LogP contribution in [0.15, 0.2) is 18.2 Å². The average molecular weight is 272 g/mol. The maximum atomic E-state index is 10.6. The molecule has 1 aromatic rings. The SMILES string of the molecule is O=[N+]([O-])c1ccc(O[C@@H]2CCCC[C@H]2O)c(Cl)c1. The molecule has 0 aliphatic heterocycles. The highest BCUT2D eigenvalue weighted by atomic mass is 35.5. The molecule has 1 N–H and O–H groups in total. The van der Waals surface area contributed by atoms with Gasteiger partial charge in [-0.05, 0) is 25.3 Å². The Kier molecular flexibility index (Phi) is 4.04. The Morgan fingerprint density at radius 1 is 1.39 bits per heavy atom. The van der Waals surface area contributed by atoms with Crippen LogP contribution in [0.1, 0.15) is 25.7 Å². The zero-order valence-electron chi connectivity index (χ0n) is 9.71. The zero-order valence-corrected chi connectivity index (χ0v) is 10.5. The third-order valence-electron chi connectivity index (χ3n) is 3.07. The van der Waals surface area contributed by atoms with E-state index in [2.05, 4.69) is 0 Å². The lowest BCUT2D eigenvalue weighted by Gasteiger charge is -2.28. The van der Waals surface area contributed by atoms with Crippen molar-refractivity contribution >= 4 is 17.3 Å². The summed E-state index contributed by atoms with van der Waals surface area (Å²) in [6.45, 7) is 0. The third-order valence-corrected chi connectivity index (χ3v) is 3.37. The van der Waals surface area contributed by atoms with E-state index < -0.39 is 11.0 Å². The van der Waals surface area contributed by atoms with Crippen LogP contribution in [-0.4, -0.2) is 22.2 Å². The van der Waals surface area contributed by atoms with Crippen molar-refractivity contribution in [3.63, 3.8) is 0 Å². The van der Waals surface area contributed by atoms with Crippen LogP contribution >= 0.6 is 11.6 Å². The molecule has 5 nitrogen and oxygen atoms in total. The predicted molar refractivity (Wildman–Crippen MR) is 67.0 cm³/mol. The summed E-state index contributed by atoms with van der Waals surface area (Å²) in [7, 11) is 0. The Labute approximate surface area is 109 Å². The van der Waals surface area contributed by atoms with Gasteiger partial charge >= 0.3 is 0 Å². The fourth-order valence-corrected chi connectivity index (χ4v) is 2.30. The van der Waals surface area contributed by atoms with Crippen molar-refractivity contribution in [3.05, 3.63) is 33.3 Å². The molecule has 6 heteroatoms. The largest absolute Gasteiger partial charge is 0.486 e. The number of non-ortho nitro benzene ring substituents is 1. The number of aliphatic hydroxyl groups excluding tert-OH is 1. The van der Waals surface area contributed by atoms with Crippen molar-refractivity contribution in [1.29, 1.82) is 0 Å². The smallest absolute Gasteiger partial charge is 0.271 e. The van der Waals surface area contributed by atoms with Crippen molar-refractivity contribution in [3.8, 4) is 5.75 Å². The topological polar surface area (TPSA) is 72.6 Å². The molecule has 1 aliphatic rings. The number of ether oxygens (including phenoxy) is 1. The third kappa shape index (κ3) is 2.91. The van der Waals surface area contributed by atoms with Gasteiger partial charge in [0.15, 0.2) is 0 Å². The lowest BCUT2D eigenvalue weighted by Crippen LogP contribution is -2.34. The fraction of sp³-hybridized carbons (Fsp3) is 0.500. The van der Waals surface area contributed by atoms with Crippen LogP contribution in [0, 0.1) is 10.1 Å². The van der Waals surface area contributed by atoms with E-state index in [-0.39, 0.29) is 16.8 Å². The van der Waals surface area contributed by atoms with E-state index in [1.165, 1.54) is 18.2 Å². The number of nitro groups is 1. The Morgan fingerprint density at radius 2 is 2.11 bits per heavy atom. The summed E-state index contributed by atoms with van der Waals surface area (Å²) in [4.78, 5) is 10.1. The van der Waals surface area contributed by atoms with E-state index in [1.54, 1.807) is 0 Å². The molecule has 1 aliphatic carbocycles. The molecule has 0 radical (unpaired) electrons. The highest BCUT2D eigenvalue weighted by molar-refractivity contribution is 6.32. The molecule has 0 saturated heterocycles. The summed E-state index contributed by atoms with van der Waals surface area (Å²) in [6, 6.07) is 4.07. The first-order valence-electron chi connectivity index (χ1n) is 5.86. The van der Waals surface area contributed by atoms with Gasteiger partial charge in [0.25, 0.3) is 5.69 Å². The van der Waals surface area contributed by atoms with Crippen LogP contribution < -0.4 is 4.74 Å². The van der Waals surface area contributed by atoms with Crippen molar-refractivity contribution in [2.24, 2.45) is 0 Å². The minimum atomic E-state index is -0.509. The van der Waals surface area contributed by atoms with E-state index in [9.17, 15) is 15.2 Å². The van der Waals surface area contributed by atoms with Crippen molar-refractivity contribution in [2.45, 2.75) is 37.9 Å². The minimum absolute atomic E-state index is 0.0726. The quantitative estimate of drug-likeness (QED) is 0.678. The lowest BCUT2D eigenvalue weighted by atomic mass is 9.95. The Balaban J connectivity index is 2.11. The summed E-state index contributed by atoms with van der Waals surface area (Å²) in [5.41, 5.74) is -0.0726. The summed E-state index contributed by atoms with van der Waals surface area (Å²) in [5, 5.41) is 20.6. The fourth-order valence-electron chi connectivity index (χ4n) is 2.08. The molecule has 0 spiro atoms. The van der Waals surface area contributed by atoms with E-state index in [4.69, 9.17) is 16.3 Å². The highest BCUT2D eigenvalue weighted by Gasteiger charge is 2.25. The molecule has 0 heterocycles. The van der Waals surface area contributed by atoms with Crippen LogP contribution in [-0.2, 0) is 0 Å². The van der Waals surface area contributed by atoms with E-state index >= 15 is 0 Å². The number of nitro benzene ring substituents is 1. The maximum absolute atomic E-state index is 10.6. The Bertz CT molecular complexity index is 452. The summed E-state index contributed by atoms with van der Waals surface area (Å²) >= 11 is 5.93. The van der Waals surface area contributed by atoms with E-state index in [0.29, 0.717) is 5.75 Å². The molecular formula is C12H14ClNO4. The van der Waals surface area contributed by atoms with Crippen LogP contribution in [0.2, 0.25) is 5.02 Å². The number of rotatable bonds is 3. The van der Waals surface area contributed by atoms with Crippen LogP contribution in [0.25, 0.3) is 0 Å². The monoisotopic (exact) mass is 271 g/mol. The standard InChI is InChI=1S/C12H14ClNO4/c13-9-7-8(14(16)17)5-6-11(9)18-12-4-2-1-3-10(12)15/h5-7,10,12,15H,1-4H2/t10-,12-/m1/s1. The molecule has 0 amide bonds. The number of halogens is 1. The van der Waals surface area contributed by atoms with Gasteiger partial charge in [0, 0.05) is 12.1 Å². The van der Waals surface area contributed by atoms with Gasteiger partial charge in [-0.25, -0.2) is 0 Å². The minimum Gasteiger partial charge on any atom is -0.486 e. The van der Waals surface area contributed by atoms with Gasteiger partial charge < -0.3 is 9.84 Å². The van der Waals surface area contributed by atoms with Crippen molar-refractivity contribution < 1.29 is 14.8 Å². The van der Waals surface area contributed by atoms with Crippen LogP contribution in [0.4, 0.5) is 5.69 Å². The second-order valence-electron chi connectivity index (χ2n) is 4.38. The number of hydrogen-bond donors (Lipinski definition) is 1. The van der Waals surface area contributed by atoms with Crippen molar-refractivity contribution in [1.82, 2.24) is 0 Å². The lowest BCUT2D eigenvalue weighted by molar-refractivity contribution is -0.384. The predicted octanol–water partition coefficient (Wildman–Crippen LogP) is 2.93. The molecular weight excluding hydrogens is 258 g/mol. The number of hydrogen-bond acceptors (Lipinski definition) is 4. The van der Waals surface area contributed by atoms with E-state index in [1.807, 2.05) is 0 Å². The summed E-state index contributed by atoms with van der Waals surface area (Å²) in [5.74, 6) is 0.383. The summed E-state index contributed by atoms with van der Waals surface area (Å²) in [6.07, 6.45) is 2.72. The van der Waals surface area contributed by atoms with Crippen LogP contribution in [0.3, 0.4) is 0 Å². The number of aliphatic hydroxyl groups is 1. The zero-order chi connectivity index (χ0) is 13.1. The molecule has 1 fully saturated rings. The normalized spacial score (nSPS) is 23.7. The van der Waals surface area contributed by atoms with Gasteiger partial charge in [-0.3, -0.25) is 10.1 Å². The summed E-state index contributed by atoms with van der Waals surface area (Å²) < 4.78 is 5.63. The molecule has 2 rings (SSSR count). The highest BCUT2D eigenvalue weighted by Crippen LogP contribution is 2.32. The first-order chi connectivity index (χ1) is 8.58. The molecule has 0 bridgehead atoms. The Hall–Kier alpha value is -1.33. The average Bonchev–Trinajstić information content (AvgIpc) is 2.34.